The van der Waals surface area contributed by atoms with Gasteiger partial charge in [-0.3, -0.25) is 19.8 Å². The lowest BCUT2D eigenvalue weighted by Crippen LogP contribution is -2.35. The largest absolute Gasteiger partial charge is 0.351 e. The average molecular weight is 453 g/mol. The molecule has 4 rings (SSSR count). The van der Waals surface area contributed by atoms with Gasteiger partial charge in [0.1, 0.15) is 12.1 Å². The zero-order chi connectivity index (χ0) is 23.9. The van der Waals surface area contributed by atoms with E-state index in [0.717, 1.165) is 22.2 Å². The molecule has 170 valence electrons. The van der Waals surface area contributed by atoms with Crippen molar-refractivity contribution in [1.29, 1.82) is 5.26 Å². The van der Waals surface area contributed by atoms with E-state index in [1.54, 1.807) is 29.5 Å². The van der Waals surface area contributed by atoms with Gasteiger partial charge in [0.05, 0.1) is 29.2 Å². The molecule has 9 nitrogen and oxygen atoms in total. The molecular formula is C25H24N8O. The van der Waals surface area contributed by atoms with E-state index in [4.69, 9.17) is 11.1 Å². The molecule has 34 heavy (non-hydrogen) atoms. The molecule has 0 aliphatic heterocycles. The van der Waals surface area contributed by atoms with Crippen molar-refractivity contribution in [2.75, 3.05) is 18.1 Å². The summed E-state index contributed by atoms with van der Waals surface area (Å²) < 4.78 is 0. The Morgan fingerprint density at radius 3 is 2.74 bits per heavy atom. The van der Waals surface area contributed by atoms with Crippen LogP contribution in [0.4, 0.5) is 5.82 Å². The van der Waals surface area contributed by atoms with Crippen molar-refractivity contribution in [3.05, 3.63) is 78.4 Å². The number of amides is 1. The van der Waals surface area contributed by atoms with Crippen molar-refractivity contribution in [3.63, 3.8) is 0 Å². The first-order valence-electron chi connectivity index (χ1n) is 10.9. The SMILES string of the molecule is CC(CN(N)c1cc(-c2ccc(C(=O)NCCC#N)cc2)ncn1)c1ccnc2cccnc12. The summed E-state index contributed by atoms with van der Waals surface area (Å²) in [6.45, 7) is 2.93. The van der Waals surface area contributed by atoms with E-state index in [1.165, 1.54) is 6.33 Å². The van der Waals surface area contributed by atoms with Gasteiger partial charge >= 0.3 is 0 Å². The molecule has 1 aromatic carbocycles. The lowest BCUT2D eigenvalue weighted by atomic mass is 10.00. The predicted octanol–water partition coefficient (Wildman–Crippen LogP) is 3.21. The van der Waals surface area contributed by atoms with Crippen molar-refractivity contribution in [2.24, 2.45) is 5.84 Å². The fraction of sp³-hybridized carbons (Fsp3) is 0.200. The van der Waals surface area contributed by atoms with Crippen molar-refractivity contribution in [2.45, 2.75) is 19.3 Å². The average Bonchev–Trinajstić information content (AvgIpc) is 2.88. The van der Waals surface area contributed by atoms with Gasteiger partial charge in [-0.05, 0) is 35.9 Å². The summed E-state index contributed by atoms with van der Waals surface area (Å²) in [7, 11) is 0. The number of nitrogens with two attached hydrogens (primary N) is 1. The first-order chi connectivity index (χ1) is 16.6. The number of carbonyl (C=O) groups is 1. The molecule has 0 spiro atoms. The Balaban J connectivity index is 1.47. The predicted molar refractivity (Wildman–Crippen MR) is 130 cm³/mol. The van der Waals surface area contributed by atoms with Gasteiger partial charge in [0.25, 0.3) is 5.91 Å². The van der Waals surface area contributed by atoms with Crippen LogP contribution in [0, 0.1) is 11.3 Å². The molecule has 0 radical (unpaired) electrons. The Kier molecular flexibility index (Phi) is 7.01. The number of anilines is 1. The summed E-state index contributed by atoms with van der Waals surface area (Å²) in [5, 5.41) is 12.9. The molecule has 1 amide bonds. The van der Waals surface area contributed by atoms with E-state index in [2.05, 4.69) is 32.2 Å². The minimum absolute atomic E-state index is 0.0858. The van der Waals surface area contributed by atoms with Crippen LogP contribution in [0.3, 0.4) is 0 Å². The van der Waals surface area contributed by atoms with Crippen LogP contribution in [-0.4, -0.2) is 38.9 Å². The third-order valence-electron chi connectivity index (χ3n) is 5.44. The number of carbonyl (C=O) groups excluding carboxylic acids is 1. The molecule has 1 atom stereocenters. The second kappa shape index (κ2) is 10.5. The van der Waals surface area contributed by atoms with Crippen LogP contribution in [0.25, 0.3) is 22.3 Å². The number of nitriles is 1. The standard InChI is InChI=1S/C25H24N8O/c1-17(20-9-13-28-21-4-2-11-29-24(20)21)15-33(27)23-14-22(31-16-32-23)18-5-7-19(8-6-18)25(34)30-12-3-10-26/h2,4-9,11,13-14,16-17H,3,12,15,27H2,1H3,(H,30,34). The smallest absolute Gasteiger partial charge is 0.251 e. The van der Waals surface area contributed by atoms with Gasteiger partial charge in [-0.1, -0.05) is 19.1 Å². The number of hydrazine groups is 1. The lowest BCUT2D eigenvalue weighted by Gasteiger charge is -2.23. The number of rotatable bonds is 8. The van der Waals surface area contributed by atoms with Gasteiger partial charge in [-0.15, -0.1) is 0 Å². The first-order valence-corrected chi connectivity index (χ1v) is 10.9. The molecule has 0 aliphatic rings. The van der Waals surface area contributed by atoms with Gasteiger partial charge in [0.15, 0.2) is 0 Å². The number of hydrogen-bond donors (Lipinski definition) is 2. The maximum absolute atomic E-state index is 12.1. The van der Waals surface area contributed by atoms with Gasteiger partial charge in [-0.25, -0.2) is 15.8 Å². The quantitative estimate of drug-likeness (QED) is 0.236. The summed E-state index contributed by atoms with van der Waals surface area (Å²) in [6.07, 6.45) is 5.29. The van der Waals surface area contributed by atoms with Crippen LogP contribution in [0.2, 0.25) is 0 Å². The van der Waals surface area contributed by atoms with Gasteiger partial charge < -0.3 is 5.32 Å². The van der Waals surface area contributed by atoms with E-state index in [-0.39, 0.29) is 18.2 Å². The molecule has 3 N–H and O–H groups in total. The highest BCUT2D eigenvalue weighted by Gasteiger charge is 2.16. The lowest BCUT2D eigenvalue weighted by molar-refractivity contribution is 0.0954. The highest BCUT2D eigenvalue weighted by molar-refractivity contribution is 5.94. The minimum atomic E-state index is -0.217. The second-order valence-electron chi connectivity index (χ2n) is 7.83. The Labute approximate surface area is 197 Å². The molecule has 0 saturated heterocycles. The van der Waals surface area contributed by atoms with Crippen LogP contribution in [0.1, 0.15) is 35.2 Å². The van der Waals surface area contributed by atoms with Crippen LogP contribution >= 0.6 is 0 Å². The van der Waals surface area contributed by atoms with Crippen LogP contribution in [0.15, 0.2) is 67.3 Å². The maximum atomic E-state index is 12.1. The van der Waals surface area contributed by atoms with Crippen molar-refractivity contribution in [3.8, 4) is 17.3 Å². The summed E-state index contributed by atoms with van der Waals surface area (Å²) >= 11 is 0. The van der Waals surface area contributed by atoms with Crippen molar-refractivity contribution in [1.82, 2.24) is 25.3 Å². The summed E-state index contributed by atoms with van der Waals surface area (Å²) in [4.78, 5) is 29.7. The highest BCUT2D eigenvalue weighted by atomic mass is 16.1. The molecule has 0 bridgehead atoms. The topological polar surface area (TPSA) is 134 Å². The number of fused-ring (bicyclic) bond motifs is 1. The molecular weight excluding hydrogens is 428 g/mol. The number of hydrogen-bond acceptors (Lipinski definition) is 8. The molecule has 9 heteroatoms. The van der Waals surface area contributed by atoms with E-state index in [1.807, 2.05) is 42.5 Å². The zero-order valence-electron chi connectivity index (χ0n) is 18.7. The van der Waals surface area contributed by atoms with E-state index in [0.29, 0.717) is 30.2 Å². The maximum Gasteiger partial charge on any atom is 0.251 e. The van der Waals surface area contributed by atoms with E-state index in [9.17, 15) is 4.79 Å². The molecule has 3 heterocycles. The molecule has 4 aromatic rings. The number of nitrogens with zero attached hydrogens (tertiary/aromatic N) is 6. The summed E-state index contributed by atoms with van der Waals surface area (Å²) in [5.41, 5.74) is 4.83. The van der Waals surface area contributed by atoms with Crippen LogP contribution < -0.4 is 16.2 Å². The van der Waals surface area contributed by atoms with Crippen molar-refractivity contribution < 1.29 is 4.79 Å². The fourth-order valence-electron chi connectivity index (χ4n) is 3.67. The zero-order valence-corrected chi connectivity index (χ0v) is 18.7. The molecule has 0 aliphatic carbocycles. The number of nitrogens with one attached hydrogen (secondary N) is 1. The number of pyridine rings is 2. The molecule has 0 fully saturated rings. The molecule has 3 aromatic heterocycles. The van der Waals surface area contributed by atoms with Crippen LogP contribution in [-0.2, 0) is 0 Å². The highest BCUT2D eigenvalue weighted by Crippen LogP contribution is 2.25. The fourth-order valence-corrected chi connectivity index (χ4v) is 3.67. The van der Waals surface area contributed by atoms with E-state index < -0.39 is 0 Å². The minimum Gasteiger partial charge on any atom is -0.351 e. The third kappa shape index (κ3) is 5.14. The molecule has 0 saturated carbocycles. The molecule has 1 unspecified atom stereocenters. The monoisotopic (exact) mass is 452 g/mol. The Bertz CT molecular complexity index is 1330. The summed E-state index contributed by atoms with van der Waals surface area (Å²) in [5.74, 6) is 6.83. The van der Waals surface area contributed by atoms with Crippen molar-refractivity contribution >= 4 is 22.8 Å². The first kappa shape index (κ1) is 22.8. The van der Waals surface area contributed by atoms with Gasteiger partial charge in [0, 0.05) is 48.6 Å². The number of benzene rings is 1. The van der Waals surface area contributed by atoms with Gasteiger partial charge in [0.2, 0.25) is 0 Å². The normalized spacial score (nSPS) is 11.6. The van der Waals surface area contributed by atoms with Gasteiger partial charge in [-0.2, -0.15) is 5.26 Å². The third-order valence-corrected chi connectivity index (χ3v) is 5.44. The van der Waals surface area contributed by atoms with Crippen LogP contribution in [0.5, 0.6) is 0 Å². The number of aromatic nitrogens is 4. The Hall–Kier alpha value is -4.42. The second-order valence-corrected chi connectivity index (χ2v) is 7.83. The Morgan fingerprint density at radius 1 is 1.12 bits per heavy atom. The summed E-state index contributed by atoms with van der Waals surface area (Å²) in [6, 6.07) is 16.7. The Morgan fingerprint density at radius 2 is 1.94 bits per heavy atom. The van der Waals surface area contributed by atoms with E-state index >= 15 is 0 Å².